The SMILES string of the molecule is CCSc1cccc(N2CCSCC2)c1C(=N)N. The summed E-state index contributed by atoms with van der Waals surface area (Å²) in [6.07, 6.45) is 0. The van der Waals surface area contributed by atoms with Gasteiger partial charge in [0.15, 0.2) is 0 Å². The first-order valence-electron chi connectivity index (χ1n) is 6.17. The van der Waals surface area contributed by atoms with Gasteiger partial charge in [-0.25, -0.2) is 0 Å². The molecule has 98 valence electrons. The van der Waals surface area contributed by atoms with Crippen molar-refractivity contribution < 1.29 is 0 Å². The highest BCUT2D eigenvalue weighted by Crippen LogP contribution is 2.31. The molecule has 1 aliphatic heterocycles. The van der Waals surface area contributed by atoms with E-state index in [4.69, 9.17) is 11.1 Å². The van der Waals surface area contributed by atoms with Crippen molar-refractivity contribution in [1.82, 2.24) is 0 Å². The quantitative estimate of drug-likeness (QED) is 0.506. The summed E-state index contributed by atoms with van der Waals surface area (Å²) in [6, 6.07) is 6.22. The van der Waals surface area contributed by atoms with Crippen molar-refractivity contribution in [1.29, 1.82) is 5.41 Å². The van der Waals surface area contributed by atoms with Crippen LogP contribution in [0.5, 0.6) is 0 Å². The molecule has 0 aromatic heterocycles. The Bertz CT molecular complexity index is 428. The smallest absolute Gasteiger partial charge is 0.126 e. The second-order valence-electron chi connectivity index (χ2n) is 4.10. The molecule has 0 bridgehead atoms. The molecule has 1 fully saturated rings. The van der Waals surface area contributed by atoms with Crippen LogP contribution in [0.3, 0.4) is 0 Å². The fourth-order valence-electron chi connectivity index (χ4n) is 2.13. The Morgan fingerprint density at radius 3 is 2.78 bits per heavy atom. The third kappa shape index (κ3) is 2.95. The fourth-order valence-corrected chi connectivity index (χ4v) is 3.88. The number of hydrogen-bond acceptors (Lipinski definition) is 4. The van der Waals surface area contributed by atoms with Crippen LogP contribution in [0.15, 0.2) is 23.1 Å². The average Bonchev–Trinajstić information content (AvgIpc) is 2.39. The molecule has 1 aromatic carbocycles. The van der Waals surface area contributed by atoms with Gasteiger partial charge in [0.1, 0.15) is 5.84 Å². The van der Waals surface area contributed by atoms with Gasteiger partial charge in [-0.05, 0) is 17.9 Å². The molecule has 1 heterocycles. The lowest BCUT2D eigenvalue weighted by Gasteiger charge is -2.30. The number of anilines is 1. The monoisotopic (exact) mass is 281 g/mol. The van der Waals surface area contributed by atoms with E-state index in [1.807, 2.05) is 11.8 Å². The average molecular weight is 281 g/mol. The molecule has 0 spiro atoms. The molecule has 0 aliphatic carbocycles. The molecule has 18 heavy (non-hydrogen) atoms. The van der Waals surface area contributed by atoms with Crippen molar-refractivity contribution in [3.63, 3.8) is 0 Å². The number of rotatable bonds is 4. The molecule has 0 amide bonds. The van der Waals surface area contributed by atoms with Crippen LogP contribution in [-0.2, 0) is 0 Å². The van der Waals surface area contributed by atoms with E-state index in [1.165, 1.54) is 0 Å². The van der Waals surface area contributed by atoms with E-state index in [0.29, 0.717) is 0 Å². The van der Waals surface area contributed by atoms with Gasteiger partial charge in [0.25, 0.3) is 0 Å². The normalized spacial score (nSPS) is 15.7. The Balaban J connectivity index is 2.38. The summed E-state index contributed by atoms with van der Waals surface area (Å²) in [5, 5.41) is 7.85. The first-order valence-corrected chi connectivity index (χ1v) is 8.31. The van der Waals surface area contributed by atoms with E-state index in [9.17, 15) is 0 Å². The van der Waals surface area contributed by atoms with Crippen LogP contribution >= 0.6 is 23.5 Å². The third-order valence-electron chi connectivity index (χ3n) is 2.93. The molecule has 5 heteroatoms. The van der Waals surface area contributed by atoms with Gasteiger partial charge >= 0.3 is 0 Å². The molecule has 0 radical (unpaired) electrons. The molecule has 3 nitrogen and oxygen atoms in total. The summed E-state index contributed by atoms with van der Waals surface area (Å²) < 4.78 is 0. The number of thioether (sulfide) groups is 2. The maximum Gasteiger partial charge on any atom is 0.126 e. The van der Waals surface area contributed by atoms with Gasteiger partial charge in [-0.15, -0.1) is 11.8 Å². The van der Waals surface area contributed by atoms with E-state index in [0.717, 1.165) is 46.5 Å². The standard InChI is InChI=1S/C13H19N3S2/c1-2-18-11-5-3-4-10(12(11)13(14)15)16-6-8-17-9-7-16/h3-5H,2,6-9H2,1H3,(H3,14,15). The Morgan fingerprint density at radius 1 is 1.44 bits per heavy atom. The summed E-state index contributed by atoms with van der Waals surface area (Å²) in [7, 11) is 0. The van der Waals surface area contributed by atoms with Crippen LogP contribution in [0.25, 0.3) is 0 Å². The summed E-state index contributed by atoms with van der Waals surface area (Å²) in [4.78, 5) is 3.48. The lowest BCUT2D eigenvalue weighted by molar-refractivity contribution is 0.855. The number of nitrogens with two attached hydrogens (primary N) is 1. The Kier molecular flexibility index (Phi) is 4.83. The topological polar surface area (TPSA) is 53.1 Å². The molecule has 1 saturated heterocycles. The maximum absolute atomic E-state index is 7.85. The Labute approximate surface area is 117 Å². The van der Waals surface area contributed by atoms with Crippen LogP contribution in [0.4, 0.5) is 5.69 Å². The predicted octanol–water partition coefficient (Wildman–Crippen LogP) is 2.64. The molecule has 0 atom stereocenters. The molecular formula is C13H19N3S2. The van der Waals surface area contributed by atoms with Crippen molar-refractivity contribution >= 4 is 35.0 Å². The lowest BCUT2D eigenvalue weighted by atomic mass is 10.1. The highest BCUT2D eigenvalue weighted by atomic mass is 32.2. The van der Waals surface area contributed by atoms with Gasteiger partial charge in [0, 0.05) is 35.2 Å². The van der Waals surface area contributed by atoms with Gasteiger partial charge < -0.3 is 10.6 Å². The molecule has 0 saturated carbocycles. The Morgan fingerprint density at radius 2 is 2.17 bits per heavy atom. The predicted molar refractivity (Wildman–Crippen MR) is 83.4 cm³/mol. The molecule has 1 aromatic rings. The largest absolute Gasteiger partial charge is 0.384 e. The fraction of sp³-hybridized carbons (Fsp3) is 0.462. The van der Waals surface area contributed by atoms with Gasteiger partial charge in [0.05, 0.1) is 5.56 Å². The number of amidine groups is 1. The zero-order chi connectivity index (χ0) is 13.0. The van der Waals surface area contributed by atoms with E-state index in [-0.39, 0.29) is 5.84 Å². The van der Waals surface area contributed by atoms with Crippen molar-refractivity contribution in [2.24, 2.45) is 5.73 Å². The maximum atomic E-state index is 7.85. The molecular weight excluding hydrogens is 262 g/mol. The van der Waals surface area contributed by atoms with E-state index in [1.54, 1.807) is 11.8 Å². The zero-order valence-corrected chi connectivity index (χ0v) is 12.2. The third-order valence-corrected chi connectivity index (χ3v) is 4.81. The highest BCUT2D eigenvalue weighted by molar-refractivity contribution is 7.99. The van der Waals surface area contributed by atoms with Crippen LogP contribution in [0.1, 0.15) is 12.5 Å². The molecule has 3 N–H and O–H groups in total. The van der Waals surface area contributed by atoms with E-state index in [2.05, 4.69) is 30.0 Å². The molecule has 2 rings (SSSR count). The van der Waals surface area contributed by atoms with E-state index >= 15 is 0 Å². The van der Waals surface area contributed by atoms with Crippen LogP contribution in [0, 0.1) is 5.41 Å². The number of hydrogen-bond donors (Lipinski definition) is 2. The number of nitrogen functional groups attached to an aromatic ring is 1. The summed E-state index contributed by atoms with van der Waals surface area (Å²) >= 11 is 3.75. The van der Waals surface area contributed by atoms with Crippen molar-refractivity contribution in [2.45, 2.75) is 11.8 Å². The van der Waals surface area contributed by atoms with Gasteiger partial charge in [0.2, 0.25) is 0 Å². The highest BCUT2D eigenvalue weighted by Gasteiger charge is 2.18. The van der Waals surface area contributed by atoms with Crippen molar-refractivity contribution in [3.05, 3.63) is 23.8 Å². The molecule has 1 aliphatic rings. The minimum absolute atomic E-state index is 0.180. The van der Waals surface area contributed by atoms with Crippen LogP contribution in [0.2, 0.25) is 0 Å². The second-order valence-corrected chi connectivity index (χ2v) is 6.63. The van der Waals surface area contributed by atoms with Crippen molar-refractivity contribution in [3.8, 4) is 0 Å². The first-order chi connectivity index (χ1) is 8.74. The number of nitrogens with zero attached hydrogens (tertiary/aromatic N) is 1. The first kappa shape index (κ1) is 13.6. The Hall–Kier alpha value is -0.810. The van der Waals surface area contributed by atoms with Crippen molar-refractivity contribution in [2.75, 3.05) is 35.2 Å². The van der Waals surface area contributed by atoms with Crippen LogP contribution in [-0.4, -0.2) is 36.2 Å². The lowest BCUT2D eigenvalue weighted by Crippen LogP contribution is -2.34. The second kappa shape index (κ2) is 6.38. The number of nitrogens with one attached hydrogen (secondary N) is 1. The minimum Gasteiger partial charge on any atom is -0.384 e. The van der Waals surface area contributed by atoms with E-state index < -0.39 is 0 Å². The number of benzene rings is 1. The minimum atomic E-state index is 0.180. The summed E-state index contributed by atoms with van der Waals surface area (Å²) in [5.41, 5.74) is 7.83. The van der Waals surface area contributed by atoms with Crippen LogP contribution < -0.4 is 10.6 Å². The summed E-state index contributed by atoms with van der Waals surface area (Å²) in [6.45, 7) is 4.22. The zero-order valence-electron chi connectivity index (χ0n) is 10.6. The van der Waals surface area contributed by atoms with Gasteiger partial charge in [-0.3, -0.25) is 5.41 Å². The van der Waals surface area contributed by atoms with Gasteiger partial charge in [-0.1, -0.05) is 13.0 Å². The summed E-state index contributed by atoms with van der Waals surface area (Å²) in [5.74, 6) is 3.49. The van der Waals surface area contributed by atoms with Gasteiger partial charge in [-0.2, -0.15) is 11.8 Å². The molecule has 0 unspecified atom stereocenters.